The van der Waals surface area contributed by atoms with Crippen molar-refractivity contribution in [3.63, 3.8) is 0 Å². The number of benzene rings is 1. The quantitative estimate of drug-likeness (QED) is 0.661. The summed E-state index contributed by atoms with van der Waals surface area (Å²) in [5, 5.41) is 0. The summed E-state index contributed by atoms with van der Waals surface area (Å²) in [6.07, 6.45) is 2.22. The van der Waals surface area contributed by atoms with Crippen LogP contribution in [-0.2, 0) is 4.79 Å². The zero-order valence-electron chi connectivity index (χ0n) is 20.5. The molecule has 0 bridgehead atoms. The number of carbonyl (C=O) groups excluding carboxylic acids is 2. The van der Waals surface area contributed by atoms with E-state index in [1.165, 1.54) is 6.07 Å². The first-order chi connectivity index (χ1) is 16.3. The van der Waals surface area contributed by atoms with Crippen LogP contribution in [0, 0.1) is 18.7 Å². The number of aryl methyl sites for hydroxylation is 1. The first-order valence-corrected chi connectivity index (χ1v) is 12.4. The Balaban J connectivity index is 1.43. The lowest BCUT2D eigenvalue weighted by Crippen LogP contribution is -2.49. The molecular formula is C27H35FN4O2. The molecule has 0 atom stereocenters. The maximum absolute atomic E-state index is 14.2. The molecular weight excluding hydrogens is 431 g/mol. The molecule has 2 saturated heterocycles. The SMILES string of the molecule is Cc1ccc(C(=O)N2CCN(c3ccccc3F)CC2)c(C2CCN(C(=O)CC(C)C)CC2)n1. The Morgan fingerprint density at radius 3 is 2.29 bits per heavy atom. The van der Waals surface area contributed by atoms with Crippen molar-refractivity contribution in [2.24, 2.45) is 5.92 Å². The zero-order valence-corrected chi connectivity index (χ0v) is 20.5. The number of anilines is 1. The Bertz CT molecular complexity index is 1030. The third-order valence-corrected chi connectivity index (χ3v) is 6.87. The summed E-state index contributed by atoms with van der Waals surface area (Å²) in [6, 6.07) is 10.6. The maximum Gasteiger partial charge on any atom is 0.255 e. The monoisotopic (exact) mass is 466 g/mol. The molecule has 34 heavy (non-hydrogen) atoms. The van der Waals surface area contributed by atoms with Gasteiger partial charge in [-0.05, 0) is 49.9 Å². The Morgan fingerprint density at radius 2 is 1.65 bits per heavy atom. The number of halogens is 1. The molecule has 3 heterocycles. The van der Waals surface area contributed by atoms with Crippen molar-refractivity contribution in [3.05, 3.63) is 59.2 Å². The normalized spacial score (nSPS) is 17.4. The predicted octanol–water partition coefficient (Wildman–Crippen LogP) is 4.24. The van der Waals surface area contributed by atoms with Crippen molar-refractivity contribution in [1.82, 2.24) is 14.8 Å². The summed E-state index contributed by atoms with van der Waals surface area (Å²) in [5.74, 6) is 0.502. The van der Waals surface area contributed by atoms with Crippen molar-refractivity contribution in [2.75, 3.05) is 44.2 Å². The molecule has 2 aliphatic rings. The van der Waals surface area contributed by atoms with Gasteiger partial charge in [-0.3, -0.25) is 14.6 Å². The van der Waals surface area contributed by atoms with Gasteiger partial charge in [0.05, 0.1) is 16.9 Å². The molecule has 2 aliphatic heterocycles. The van der Waals surface area contributed by atoms with E-state index in [1.807, 2.05) is 39.8 Å². The molecule has 1 aromatic heterocycles. The Morgan fingerprint density at radius 1 is 0.971 bits per heavy atom. The molecule has 1 aromatic carbocycles. The van der Waals surface area contributed by atoms with E-state index in [0.29, 0.717) is 62.9 Å². The van der Waals surface area contributed by atoms with Gasteiger partial charge in [0.25, 0.3) is 5.91 Å². The third-order valence-electron chi connectivity index (χ3n) is 6.87. The number of carbonyl (C=O) groups is 2. The van der Waals surface area contributed by atoms with Crippen molar-refractivity contribution < 1.29 is 14.0 Å². The standard InChI is InChI=1S/C27H35FN4O2/c1-19(2)18-25(33)31-12-10-21(11-13-31)26-22(9-8-20(3)29-26)27(34)32-16-14-30(15-17-32)24-7-5-4-6-23(24)28/h4-9,19,21H,10-18H2,1-3H3. The minimum Gasteiger partial charge on any atom is -0.366 e. The number of hydrogen-bond donors (Lipinski definition) is 0. The van der Waals surface area contributed by atoms with Crippen LogP contribution in [0.2, 0.25) is 0 Å². The van der Waals surface area contributed by atoms with Gasteiger partial charge in [-0.25, -0.2) is 4.39 Å². The molecule has 2 fully saturated rings. The van der Waals surface area contributed by atoms with Crippen LogP contribution in [0.1, 0.15) is 60.8 Å². The van der Waals surface area contributed by atoms with Gasteiger partial charge in [0.15, 0.2) is 0 Å². The minimum atomic E-state index is -0.231. The molecule has 0 aliphatic carbocycles. The summed E-state index contributed by atoms with van der Waals surface area (Å²) in [5.41, 5.74) is 3.01. The van der Waals surface area contributed by atoms with Gasteiger partial charge in [-0.2, -0.15) is 0 Å². The Hall–Kier alpha value is -2.96. The van der Waals surface area contributed by atoms with Gasteiger partial charge in [-0.15, -0.1) is 0 Å². The predicted molar refractivity (Wildman–Crippen MR) is 132 cm³/mol. The fourth-order valence-corrected chi connectivity index (χ4v) is 4.98. The van der Waals surface area contributed by atoms with Crippen molar-refractivity contribution in [1.29, 1.82) is 0 Å². The molecule has 2 amide bonds. The molecule has 4 rings (SSSR count). The fraction of sp³-hybridized carbons (Fsp3) is 0.519. The molecule has 6 nitrogen and oxygen atoms in total. The topological polar surface area (TPSA) is 56.8 Å². The second-order valence-electron chi connectivity index (χ2n) is 9.87. The largest absolute Gasteiger partial charge is 0.366 e. The van der Waals surface area contributed by atoms with Crippen LogP contribution >= 0.6 is 0 Å². The van der Waals surface area contributed by atoms with Crippen LogP contribution in [0.15, 0.2) is 36.4 Å². The van der Waals surface area contributed by atoms with Crippen molar-refractivity contribution >= 4 is 17.5 Å². The molecule has 0 spiro atoms. The van der Waals surface area contributed by atoms with Crippen molar-refractivity contribution in [2.45, 2.75) is 46.0 Å². The molecule has 7 heteroatoms. The average molecular weight is 467 g/mol. The molecule has 0 radical (unpaired) electrons. The van der Waals surface area contributed by atoms with Gasteiger partial charge in [0.2, 0.25) is 5.91 Å². The lowest BCUT2D eigenvalue weighted by Gasteiger charge is -2.37. The highest BCUT2D eigenvalue weighted by Crippen LogP contribution is 2.31. The van der Waals surface area contributed by atoms with Gasteiger partial charge < -0.3 is 14.7 Å². The maximum atomic E-state index is 14.2. The number of pyridine rings is 1. The van der Waals surface area contributed by atoms with E-state index in [4.69, 9.17) is 4.98 Å². The number of likely N-dealkylation sites (tertiary alicyclic amines) is 1. The van der Waals surface area contributed by atoms with E-state index < -0.39 is 0 Å². The summed E-state index contributed by atoms with van der Waals surface area (Å²) < 4.78 is 14.2. The summed E-state index contributed by atoms with van der Waals surface area (Å²) >= 11 is 0. The summed E-state index contributed by atoms with van der Waals surface area (Å²) in [4.78, 5) is 36.6. The number of para-hydroxylation sites is 1. The molecule has 182 valence electrons. The second kappa shape index (κ2) is 10.5. The van der Waals surface area contributed by atoms with Gasteiger partial charge in [0, 0.05) is 57.3 Å². The van der Waals surface area contributed by atoms with Crippen LogP contribution in [-0.4, -0.2) is 65.9 Å². The smallest absolute Gasteiger partial charge is 0.255 e. The zero-order chi connectivity index (χ0) is 24.2. The van der Waals surface area contributed by atoms with Gasteiger partial charge in [-0.1, -0.05) is 26.0 Å². The number of nitrogens with zero attached hydrogens (tertiary/aromatic N) is 4. The van der Waals surface area contributed by atoms with Crippen LogP contribution in [0.4, 0.5) is 10.1 Å². The number of rotatable bonds is 5. The lowest BCUT2D eigenvalue weighted by atomic mass is 9.89. The van der Waals surface area contributed by atoms with Crippen molar-refractivity contribution in [3.8, 4) is 0 Å². The lowest BCUT2D eigenvalue weighted by molar-refractivity contribution is -0.133. The van der Waals surface area contributed by atoms with Gasteiger partial charge in [0.1, 0.15) is 5.82 Å². The molecule has 0 unspecified atom stereocenters. The first-order valence-electron chi connectivity index (χ1n) is 12.4. The fourth-order valence-electron chi connectivity index (χ4n) is 4.98. The summed E-state index contributed by atoms with van der Waals surface area (Å²) in [7, 11) is 0. The molecule has 0 saturated carbocycles. The van der Waals surface area contributed by atoms with Crippen LogP contribution < -0.4 is 4.90 Å². The average Bonchev–Trinajstić information content (AvgIpc) is 2.84. The number of hydrogen-bond acceptors (Lipinski definition) is 4. The van der Waals surface area contributed by atoms with E-state index in [9.17, 15) is 14.0 Å². The highest BCUT2D eigenvalue weighted by Gasteiger charge is 2.30. The van der Waals surface area contributed by atoms with E-state index in [0.717, 1.165) is 24.2 Å². The van der Waals surface area contributed by atoms with E-state index in [2.05, 4.69) is 13.8 Å². The number of amides is 2. The minimum absolute atomic E-state index is 0.00556. The van der Waals surface area contributed by atoms with Gasteiger partial charge >= 0.3 is 0 Å². The van der Waals surface area contributed by atoms with Crippen LogP contribution in [0.5, 0.6) is 0 Å². The third kappa shape index (κ3) is 5.40. The number of aromatic nitrogens is 1. The Kier molecular flexibility index (Phi) is 7.49. The van der Waals surface area contributed by atoms with E-state index in [-0.39, 0.29) is 23.5 Å². The van der Waals surface area contributed by atoms with E-state index >= 15 is 0 Å². The van der Waals surface area contributed by atoms with Crippen LogP contribution in [0.25, 0.3) is 0 Å². The second-order valence-corrected chi connectivity index (χ2v) is 9.87. The summed E-state index contributed by atoms with van der Waals surface area (Å²) in [6.45, 7) is 9.78. The highest BCUT2D eigenvalue weighted by molar-refractivity contribution is 5.95. The highest BCUT2D eigenvalue weighted by atomic mass is 19.1. The first kappa shape index (κ1) is 24.2. The van der Waals surface area contributed by atoms with Crippen LogP contribution in [0.3, 0.4) is 0 Å². The Labute approximate surface area is 201 Å². The number of piperazine rings is 1. The number of piperidine rings is 1. The molecule has 2 aromatic rings. The molecule has 0 N–H and O–H groups in total. The van der Waals surface area contributed by atoms with E-state index in [1.54, 1.807) is 12.1 Å².